The number of rotatable bonds is 14. The Balaban J connectivity index is 2.84. The van der Waals surface area contributed by atoms with Crippen LogP contribution in [0, 0.1) is 5.92 Å². The topological polar surface area (TPSA) is 188 Å². The summed E-state index contributed by atoms with van der Waals surface area (Å²) in [5, 5.41) is 25.2. The highest BCUT2D eigenvalue weighted by Crippen LogP contribution is 2.08. The first-order chi connectivity index (χ1) is 15.9. The Morgan fingerprint density at radius 1 is 0.882 bits per heavy atom. The van der Waals surface area contributed by atoms with Crippen LogP contribution in [0.2, 0.25) is 0 Å². The van der Waals surface area contributed by atoms with E-state index in [2.05, 4.69) is 28.6 Å². The fraction of sp³-hybridized carbons (Fsp3) is 0.500. The van der Waals surface area contributed by atoms with Gasteiger partial charge in [-0.05, 0) is 24.3 Å². The van der Waals surface area contributed by atoms with Crippen LogP contribution in [0.5, 0.6) is 0 Å². The highest BCUT2D eigenvalue weighted by Gasteiger charge is 2.31. The normalized spacial score (nSPS) is 14.4. The number of carboxylic acids is 2. The molecule has 34 heavy (non-hydrogen) atoms. The van der Waals surface area contributed by atoms with Crippen LogP contribution in [0.25, 0.3) is 0 Å². The first-order valence-corrected chi connectivity index (χ1v) is 11.3. The van der Waals surface area contributed by atoms with Crippen molar-refractivity contribution in [2.24, 2.45) is 11.7 Å². The molecule has 4 atom stereocenters. The van der Waals surface area contributed by atoms with Gasteiger partial charge in [-0.2, -0.15) is 12.6 Å². The molecule has 0 aliphatic rings. The van der Waals surface area contributed by atoms with Crippen molar-refractivity contribution in [3.05, 3.63) is 35.9 Å². The predicted molar refractivity (Wildman–Crippen MR) is 127 cm³/mol. The van der Waals surface area contributed by atoms with Gasteiger partial charge in [-0.1, -0.05) is 44.2 Å². The Kier molecular flexibility index (Phi) is 12.1. The number of hydrogen-bond donors (Lipinski definition) is 7. The molecule has 3 amide bonds. The summed E-state index contributed by atoms with van der Waals surface area (Å²) in [4.78, 5) is 60.1. The van der Waals surface area contributed by atoms with Crippen molar-refractivity contribution in [3.63, 3.8) is 0 Å². The van der Waals surface area contributed by atoms with Gasteiger partial charge in [-0.15, -0.1) is 0 Å². The largest absolute Gasteiger partial charge is 0.481 e. The lowest BCUT2D eigenvalue weighted by Crippen LogP contribution is -2.58. The molecule has 4 unspecified atom stereocenters. The van der Waals surface area contributed by atoms with Crippen molar-refractivity contribution in [3.8, 4) is 0 Å². The molecule has 0 aliphatic heterocycles. The third-order valence-corrected chi connectivity index (χ3v) is 5.15. The van der Waals surface area contributed by atoms with Crippen LogP contribution in [0.3, 0.4) is 0 Å². The number of nitrogens with two attached hydrogens (primary N) is 1. The Bertz CT molecular complexity index is 866. The maximum Gasteiger partial charge on any atom is 0.326 e. The Hall–Kier alpha value is -3.12. The molecule has 0 fully saturated rings. The Morgan fingerprint density at radius 2 is 1.41 bits per heavy atom. The first-order valence-electron chi connectivity index (χ1n) is 10.7. The van der Waals surface area contributed by atoms with Crippen LogP contribution >= 0.6 is 12.6 Å². The first kappa shape index (κ1) is 28.9. The predicted octanol–water partition coefficient (Wildman–Crippen LogP) is -0.454. The smallest absolute Gasteiger partial charge is 0.326 e. The van der Waals surface area contributed by atoms with Gasteiger partial charge in [-0.3, -0.25) is 19.2 Å². The minimum absolute atomic E-state index is 0.0675. The van der Waals surface area contributed by atoms with E-state index < -0.39 is 60.2 Å². The molecule has 1 rings (SSSR count). The van der Waals surface area contributed by atoms with Crippen molar-refractivity contribution in [2.45, 2.75) is 57.3 Å². The molecule has 12 heteroatoms. The summed E-state index contributed by atoms with van der Waals surface area (Å²) in [6.45, 7) is 3.58. The molecular formula is C22H32N4O7S. The maximum absolute atomic E-state index is 12.8. The van der Waals surface area contributed by atoms with E-state index in [0.29, 0.717) is 0 Å². The lowest BCUT2D eigenvalue weighted by Gasteiger charge is -2.25. The summed E-state index contributed by atoms with van der Waals surface area (Å²) in [6.07, 6.45) is -0.415. The molecule has 188 valence electrons. The molecule has 0 bridgehead atoms. The average molecular weight is 497 g/mol. The number of aliphatic carboxylic acids is 2. The summed E-state index contributed by atoms with van der Waals surface area (Å²) in [7, 11) is 0. The Labute approximate surface area is 203 Å². The van der Waals surface area contributed by atoms with Crippen LogP contribution in [-0.2, 0) is 30.4 Å². The summed E-state index contributed by atoms with van der Waals surface area (Å²) in [5.41, 5.74) is 6.80. The molecule has 7 N–H and O–H groups in total. The van der Waals surface area contributed by atoms with E-state index in [4.69, 9.17) is 15.9 Å². The third kappa shape index (κ3) is 10.2. The lowest BCUT2D eigenvalue weighted by atomic mass is 10.0. The van der Waals surface area contributed by atoms with Gasteiger partial charge in [0, 0.05) is 5.75 Å². The van der Waals surface area contributed by atoms with Crippen molar-refractivity contribution in [2.75, 3.05) is 5.75 Å². The molecule has 0 aliphatic carbocycles. The fourth-order valence-corrected chi connectivity index (χ4v) is 3.31. The fourth-order valence-electron chi connectivity index (χ4n) is 3.06. The quantitative estimate of drug-likeness (QED) is 0.169. The second-order valence-electron chi connectivity index (χ2n) is 8.23. The third-order valence-electron chi connectivity index (χ3n) is 4.78. The van der Waals surface area contributed by atoms with Crippen molar-refractivity contribution < 1.29 is 34.2 Å². The SMILES string of the molecule is CC(C)CC(NC(=O)C(CS)NC(=O)C(N)Cc1ccccc1)C(=O)NC(CC(=O)O)C(=O)O. The molecule has 1 aromatic rings. The molecule has 1 aromatic carbocycles. The molecule has 0 spiro atoms. The maximum atomic E-state index is 12.8. The van der Waals surface area contributed by atoms with E-state index in [9.17, 15) is 24.0 Å². The summed E-state index contributed by atoms with van der Waals surface area (Å²) >= 11 is 4.10. The van der Waals surface area contributed by atoms with Crippen molar-refractivity contribution >= 4 is 42.3 Å². The van der Waals surface area contributed by atoms with Crippen molar-refractivity contribution in [1.82, 2.24) is 16.0 Å². The van der Waals surface area contributed by atoms with Gasteiger partial charge in [0.25, 0.3) is 0 Å². The molecular weight excluding hydrogens is 464 g/mol. The average Bonchev–Trinajstić information content (AvgIpc) is 2.76. The molecule has 11 nitrogen and oxygen atoms in total. The van der Waals surface area contributed by atoms with Gasteiger partial charge >= 0.3 is 11.9 Å². The summed E-state index contributed by atoms with van der Waals surface area (Å²) in [5.74, 6) is -5.19. The lowest BCUT2D eigenvalue weighted by molar-refractivity contribution is -0.147. The van der Waals surface area contributed by atoms with Crippen LogP contribution in [-0.4, -0.2) is 69.8 Å². The number of thiol groups is 1. The zero-order valence-electron chi connectivity index (χ0n) is 19.1. The second kappa shape index (κ2) is 14.2. The molecule has 0 saturated heterocycles. The van der Waals surface area contributed by atoms with Gasteiger partial charge in [0.05, 0.1) is 12.5 Å². The monoisotopic (exact) mass is 496 g/mol. The van der Waals surface area contributed by atoms with Gasteiger partial charge in [0.15, 0.2) is 0 Å². The zero-order chi connectivity index (χ0) is 25.8. The van der Waals surface area contributed by atoms with E-state index >= 15 is 0 Å². The van der Waals surface area contributed by atoms with E-state index in [1.807, 2.05) is 30.3 Å². The zero-order valence-corrected chi connectivity index (χ0v) is 20.0. The second-order valence-corrected chi connectivity index (χ2v) is 8.59. The van der Waals surface area contributed by atoms with Gasteiger partial charge < -0.3 is 31.9 Å². The van der Waals surface area contributed by atoms with Crippen molar-refractivity contribution in [1.29, 1.82) is 0 Å². The van der Waals surface area contributed by atoms with Crippen LogP contribution in [0.4, 0.5) is 0 Å². The number of nitrogens with one attached hydrogen (secondary N) is 3. The number of benzene rings is 1. The molecule has 0 radical (unpaired) electrons. The van der Waals surface area contributed by atoms with Gasteiger partial charge in [0.1, 0.15) is 18.1 Å². The van der Waals surface area contributed by atoms with E-state index in [-0.39, 0.29) is 24.5 Å². The number of carbonyl (C=O) groups is 5. The molecule has 0 saturated carbocycles. The van der Waals surface area contributed by atoms with Crippen LogP contribution in [0.15, 0.2) is 30.3 Å². The highest BCUT2D eigenvalue weighted by molar-refractivity contribution is 7.80. The van der Waals surface area contributed by atoms with Gasteiger partial charge in [0.2, 0.25) is 17.7 Å². The molecule has 0 aromatic heterocycles. The number of carbonyl (C=O) groups excluding carboxylic acids is 3. The number of amides is 3. The Morgan fingerprint density at radius 3 is 1.91 bits per heavy atom. The minimum Gasteiger partial charge on any atom is -0.481 e. The summed E-state index contributed by atoms with van der Waals surface area (Å²) < 4.78 is 0. The van der Waals surface area contributed by atoms with E-state index in [1.54, 1.807) is 13.8 Å². The van der Waals surface area contributed by atoms with E-state index in [1.165, 1.54) is 0 Å². The number of carboxylic acid groups (broad SMARTS) is 2. The number of hydrogen-bond acceptors (Lipinski definition) is 7. The standard InChI is InChI=1S/C22H32N4O7S/c1-12(2)8-15(20(30)25-16(22(32)33)10-18(27)28)24-21(31)17(11-34)26-19(29)14(23)9-13-6-4-3-5-7-13/h3-7,12,14-17,34H,8-11,23H2,1-2H3,(H,24,31)(H,25,30)(H,26,29)(H,27,28)(H,32,33). The van der Waals surface area contributed by atoms with Crippen LogP contribution in [0.1, 0.15) is 32.3 Å². The van der Waals surface area contributed by atoms with Gasteiger partial charge in [-0.25, -0.2) is 4.79 Å². The van der Waals surface area contributed by atoms with E-state index in [0.717, 1.165) is 5.56 Å². The highest BCUT2D eigenvalue weighted by atomic mass is 32.1. The summed E-state index contributed by atoms with van der Waals surface area (Å²) in [6, 6.07) is 4.27. The molecule has 0 heterocycles. The minimum atomic E-state index is -1.66. The van der Waals surface area contributed by atoms with Crippen LogP contribution < -0.4 is 21.7 Å².